The van der Waals surface area contributed by atoms with Gasteiger partial charge in [-0.25, -0.2) is 0 Å². The number of rotatable bonds is 5. The van der Waals surface area contributed by atoms with Gasteiger partial charge in [-0.2, -0.15) is 4.52 Å². The van der Waals surface area contributed by atoms with Crippen LogP contribution >= 0.6 is 0 Å². The summed E-state index contributed by atoms with van der Waals surface area (Å²) in [7, 11) is 1.88. The molecule has 28 heavy (non-hydrogen) atoms. The zero-order chi connectivity index (χ0) is 19.1. The number of fused-ring (bicyclic) bond motifs is 1. The first-order chi connectivity index (χ1) is 13.7. The second kappa shape index (κ2) is 6.85. The number of pyridine rings is 1. The van der Waals surface area contributed by atoms with E-state index in [-0.39, 0.29) is 11.9 Å². The van der Waals surface area contributed by atoms with Gasteiger partial charge in [0, 0.05) is 38.4 Å². The standard InChI is InChI=1S/C20H23N7O/c1-25(19(28)10-14-4-3-9-21-11-14)16-12-26(13-16)18-8-7-17-22-23-20(27(17)24-18)15-5-2-6-15/h3-4,7-9,11,15-16H,2,5-6,10,12-13H2,1H3. The molecular weight excluding hydrogens is 354 g/mol. The third-order valence-electron chi connectivity index (χ3n) is 5.95. The summed E-state index contributed by atoms with van der Waals surface area (Å²) in [6, 6.07) is 7.96. The maximum absolute atomic E-state index is 12.5. The molecular formula is C20H23N7O. The number of nitrogens with zero attached hydrogens (tertiary/aromatic N) is 7. The Bertz CT molecular complexity index is 992. The van der Waals surface area contributed by atoms with Crippen LogP contribution in [0.1, 0.15) is 36.6 Å². The topological polar surface area (TPSA) is 79.5 Å². The van der Waals surface area contributed by atoms with Crippen LogP contribution in [0.3, 0.4) is 0 Å². The molecule has 1 aliphatic heterocycles. The van der Waals surface area contributed by atoms with E-state index >= 15 is 0 Å². The number of hydrogen-bond donors (Lipinski definition) is 0. The molecule has 144 valence electrons. The molecule has 8 nitrogen and oxygen atoms in total. The van der Waals surface area contributed by atoms with Gasteiger partial charge in [0.1, 0.15) is 5.82 Å². The highest BCUT2D eigenvalue weighted by Crippen LogP contribution is 2.35. The third kappa shape index (κ3) is 2.98. The highest BCUT2D eigenvalue weighted by molar-refractivity contribution is 5.79. The van der Waals surface area contributed by atoms with Gasteiger partial charge >= 0.3 is 0 Å². The molecule has 0 bridgehead atoms. The van der Waals surface area contributed by atoms with Crippen LogP contribution in [0.5, 0.6) is 0 Å². The Balaban J connectivity index is 1.24. The van der Waals surface area contributed by atoms with E-state index in [4.69, 9.17) is 5.10 Å². The first kappa shape index (κ1) is 17.1. The molecule has 5 rings (SSSR count). The van der Waals surface area contributed by atoms with Crippen LogP contribution < -0.4 is 4.90 Å². The fraction of sp³-hybridized carbons (Fsp3) is 0.450. The van der Waals surface area contributed by atoms with Crippen molar-refractivity contribution in [2.45, 2.75) is 37.6 Å². The Labute approximate surface area is 163 Å². The molecule has 4 heterocycles. The smallest absolute Gasteiger partial charge is 0.227 e. The number of anilines is 1. The zero-order valence-corrected chi connectivity index (χ0v) is 15.9. The molecule has 0 N–H and O–H groups in total. The maximum Gasteiger partial charge on any atom is 0.227 e. The van der Waals surface area contributed by atoms with Crippen LogP contribution in [0, 0.1) is 0 Å². The Hall–Kier alpha value is -3.03. The predicted molar refractivity (Wildman–Crippen MR) is 104 cm³/mol. The van der Waals surface area contributed by atoms with Gasteiger partial charge < -0.3 is 9.80 Å². The Morgan fingerprint density at radius 1 is 1.21 bits per heavy atom. The van der Waals surface area contributed by atoms with Crippen LogP contribution in [-0.2, 0) is 11.2 Å². The second-order valence-electron chi connectivity index (χ2n) is 7.75. The second-order valence-corrected chi connectivity index (χ2v) is 7.75. The van der Waals surface area contributed by atoms with E-state index in [0.717, 1.165) is 35.9 Å². The van der Waals surface area contributed by atoms with Crippen molar-refractivity contribution in [1.29, 1.82) is 0 Å². The van der Waals surface area contributed by atoms with Crippen LogP contribution in [0.2, 0.25) is 0 Å². The molecule has 1 amide bonds. The number of aromatic nitrogens is 5. The summed E-state index contributed by atoms with van der Waals surface area (Å²) in [6.45, 7) is 1.57. The third-order valence-corrected chi connectivity index (χ3v) is 5.95. The lowest BCUT2D eigenvalue weighted by molar-refractivity contribution is -0.131. The number of amides is 1. The van der Waals surface area contributed by atoms with Crippen LogP contribution in [0.25, 0.3) is 5.65 Å². The molecule has 0 aromatic carbocycles. The average Bonchev–Trinajstić information content (AvgIpc) is 3.03. The average molecular weight is 377 g/mol. The molecule has 0 radical (unpaired) electrons. The fourth-order valence-corrected chi connectivity index (χ4v) is 3.78. The summed E-state index contributed by atoms with van der Waals surface area (Å²) in [4.78, 5) is 20.7. The molecule has 1 saturated heterocycles. The summed E-state index contributed by atoms with van der Waals surface area (Å²) in [5.41, 5.74) is 1.74. The molecule has 1 saturated carbocycles. The van der Waals surface area contributed by atoms with Crippen LogP contribution in [0.4, 0.5) is 5.82 Å². The van der Waals surface area contributed by atoms with Gasteiger partial charge in [0.25, 0.3) is 0 Å². The molecule has 0 atom stereocenters. The van der Waals surface area contributed by atoms with Crippen LogP contribution in [0.15, 0.2) is 36.7 Å². The van der Waals surface area contributed by atoms with Gasteiger partial charge in [0.15, 0.2) is 11.5 Å². The molecule has 8 heteroatoms. The highest BCUT2D eigenvalue weighted by atomic mass is 16.2. The van der Waals surface area contributed by atoms with Crippen molar-refractivity contribution in [3.8, 4) is 0 Å². The van der Waals surface area contributed by atoms with Crippen molar-refractivity contribution in [3.63, 3.8) is 0 Å². The SMILES string of the molecule is CN(C(=O)Cc1cccnc1)C1CN(c2ccc3nnc(C4CCC4)n3n2)C1. The number of carbonyl (C=O) groups is 1. The van der Waals surface area contributed by atoms with E-state index in [1.165, 1.54) is 19.3 Å². The van der Waals surface area contributed by atoms with Crippen molar-refractivity contribution in [2.75, 3.05) is 25.0 Å². The molecule has 3 aromatic heterocycles. The summed E-state index contributed by atoms with van der Waals surface area (Å²) < 4.78 is 1.89. The number of carbonyl (C=O) groups excluding carboxylic acids is 1. The Kier molecular flexibility index (Phi) is 4.18. The molecule has 1 aliphatic carbocycles. The van der Waals surface area contributed by atoms with Gasteiger partial charge in [0.2, 0.25) is 5.91 Å². The Morgan fingerprint density at radius 3 is 2.79 bits per heavy atom. The largest absolute Gasteiger partial charge is 0.351 e. The van der Waals surface area contributed by atoms with Crippen molar-refractivity contribution in [3.05, 3.63) is 48.0 Å². The van der Waals surface area contributed by atoms with E-state index < -0.39 is 0 Å². The Morgan fingerprint density at radius 2 is 2.07 bits per heavy atom. The van der Waals surface area contributed by atoms with Gasteiger partial charge in [-0.3, -0.25) is 9.78 Å². The lowest BCUT2D eigenvalue weighted by Crippen LogP contribution is -2.60. The van der Waals surface area contributed by atoms with E-state index in [0.29, 0.717) is 12.3 Å². The molecule has 3 aromatic rings. The number of hydrogen-bond acceptors (Lipinski definition) is 6. The van der Waals surface area contributed by atoms with Gasteiger partial charge in [-0.15, -0.1) is 15.3 Å². The summed E-state index contributed by atoms with van der Waals surface area (Å²) in [5.74, 6) is 2.49. The minimum absolute atomic E-state index is 0.118. The van der Waals surface area contributed by atoms with Crippen molar-refractivity contribution < 1.29 is 4.79 Å². The quantitative estimate of drug-likeness (QED) is 0.673. The zero-order valence-electron chi connectivity index (χ0n) is 15.9. The highest BCUT2D eigenvalue weighted by Gasteiger charge is 2.34. The lowest BCUT2D eigenvalue weighted by atomic mass is 9.85. The van der Waals surface area contributed by atoms with Gasteiger partial charge in [-0.05, 0) is 36.6 Å². The first-order valence-electron chi connectivity index (χ1n) is 9.81. The molecule has 0 unspecified atom stereocenters. The predicted octanol–water partition coefficient (Wildman–Crippen LogP) is 1.68. The van der Waals surface area contributed by atoms with Crippen LogP contribution in [-0.4, -0.2) is 61.8 Å². The monoisotopic (exact) mass is 377 g/mol. The van der Waals surface area contributed by atoms with Gasteiger partial charge in [0.05, 0.1) is 12.5 Å². The maximum atomic E-state index is 12.5. The first-order valence-corrected chi connectivity index (χ1v) is 9.81. The van der Waals surface area contributed by atoms with E-state index in [1.807, 2.05) is 40.7 Å². The minimum Gasteiger partial charge on any atom is -0.351 e. The number of likely N-dealkylation sites (N-methyl/N-ethyl adjacent to an activating group) is 1. The molecule has 2 aliphatic rings. The van der Waals surface area contributed by atoms with E-state index in [2.05, 4.69) is 20.1 Å². The van der Waals surface area contributed by atoms with E-state index in [9.17, 15) is 4.79 Å². The van der Waals surface area contributed by atoms with Crippen molar-refractivity contribution >= 4 is 17.4 Å². The lowest BCUT2D eigenvalue weighted by Gasteiger charge is -2.44. The van der Waals surface area contributed by atoms with Gasteiger partial charge in [-0.1, -0.05) is 12.5 Å². The minimum atomic E-state index is 0.118. The van der Waals surface area contributed by atoms with Crippen molar-refractivity contribution in [2.24, 2.45) is 0 Å². The van der Waals surface area contributed by atoms with E-state index in [1.54, 1.807) is 12.4 Å². The molecule has 2 fully saturated rings. The summed E-state index contributed by atoms with van der Waals surface area (Å²) in [5, 5.41) is 13.4. The summed E-state index contributed by atoms with van der Waals surface area (Å²) in [6.07, 6.45) is 7.45. The molecule has 0 spiro atoms. The normalized spacial score (nSPS) is 17.4. The van der Waals surface area contributed by atoms with Crippen molar-refractivity contribution in [1.82, 2.24) is 29.7 Å². The fourth-order valence-electron chi connectivity index (χ4n) is 3.78. The summed E-state index contributed by atoms with van der Waals surface area (Å²) >= 11 is 0.